The molecular weight excluding hydrogens is 697 g/mol. The van der Waals surface area contributed by atoms with E-state index in [1.54, 1.807) is 0 Å². The lowest BCUT2D eigenvalue weighted by Gasteiger charge is -2.18. The Morgan fingerprint density at radius 3 is 0.714 bits per heavy atom. The van der Waals surface area contributed by atoms with Gasteiger partial charge in [0.1, 0.15) is 13.2 Å². The van der Waals surface area contributed by atoms with Gasteiger partial charge in [0.2, 0.25) is 0 Å². The maximum atomic E-state index is 12.7. The molecule has 0 aromatic heterocycles. The molecule has 0 aromatic carbocycles. The van der Waals surface area contributed by atoms with E-state index in [1.807, 2.05) is 0 Å². The van der Waals surface area contributed by atoms with Crippen LogP contribution < -0.4 is 0 Å². The summed E-state index contributed by atoms with van der Waals surface area (Å²) in [6, 6.07) is 0. The van der Waals surface area contributed by atoms with Crippen molar-refractivity contribution in [3.8, 4) is 0 Å². The van der Waals surface area contributed by atoms with Crippen LogP contribution in [0.5, 0.6) is 0 Å². The number of ether oxygens (including phenoxy) is 3. The first kappa shape index (κ1) is 54.4. The van der Waals surface area contributed by atoms with Gasteiger partial charge in [-0.1, -0.05) is 245 Å². The molecule has 0 bridgehead atoms. The summed E-state index contributed by atoms with van der Waals surface area (Å²) in [4.78, 5) is 37.7. The Bertz CT molecular complexity index is 828. The van der Waals surface area contributed by atoms with E-state index in [0.717, 1.165) is 57.8 Å². The lowest BCUT2D eigenvalue weighted by atomic mass is 10.0. The van der Waals surface area contributed by atoms with Gasteiger partial charge in [0, 0.05) is 19.3 Å². The third kappa shape index (κ3) is 43.5. The van der Waals surface area contributed by atoms with Crippen LogP contribution in [0.2, 0.25) is 0 Å². The van der Waals surface area contributed by atoms with Crippen molar-refractivity contribution in [3.05, 3.63) is 0 Å². The van der Waals surface area contributed by atoms with E-state index in [-0.39, 0.29) is 31.1 Å². The number of rotatable bonds is 46. The third-order valence-corrected chi connectivity index (χ3v) is 11.4. The third-order valence-electron chi connectivity index (χ3n) is 11.4. The molecule has 0 spiro atoms. The Hall–Kier alpha value is -1.59. The van der Waals surface area contributed by atoms with Crippen LogP contribution in [-0.4, -0.2) is 37.2 Å². The van der Waals surface area contributed by atoms with E-state index in [9.17, 15) is 14.4 Å². The van der Waals surface area contributed by atoms with Gasteiger partial charge in [0.25, 0.3) is 0 Å². The molecule has 332 valence electrons. The summed E-state index contributed by atoms with van der Waals surface area (Å²) in [7, 11) is 0. The minimum atomic E-state index is -0.758. The smallest absolute Gasteiger partial charge is 0.306 e. The molecule has 1 unspecified atom stereocenters. The largest absolute Gasteiger partial charge is 0.462 e. The number of carbonyl (C=O) groups is 3. The second-order valence-corrected chi connectivity index (χ2v) is 17.1. The Balaban J connectivity index is 4.21. The topological polar surface area (TPSA) is 78.9 Å². The van der Waals surface area contributed by atoms with Crippen molar-refractivity contribution in [1.82, 2.24) is 0 Å². The van der Waals surface area contributed by atoms with Gasteiger partial charge in [-0.3, -0.25) is 14.4 Å². The number of unbranched alkanes of at least 4 members (excludes halogenated alkanes) is 35. The van der Waals surface area contributed by atoms with Crippen molar-refractivity contribution in [2.24, 2.45) is 0 Å². The molecule has 0 amide bonds. The minimum Gasteiger partial charge on any atom is -0.462 e. The van der Waals surface area contributed by atoms with Gasteiger partial charge in [0.15, 0.2) is 6.10 Å². The predicted octanol–water partition coefficient (Wildman–Crippen LogP) is 16.0. The van der Waals surface area contributed by atoms with Crippen molar-refractivity contribution in [3.63, 3.8) is 0 Å². The van der Waals surface area contributed by atoms with Crippen LogP contribution in [0, 0.1) is 0 Å². The van der Waals surface area contributed by atoms with Crippen LogP contribution in [-0.2, 0) is 28.6 Å². The van der Waals surface area contributed by atoms with Gasteiger partial charge in [-0.2, -0.15) is 0 Å². The standard InChI is InChI=1S/C50H96O6/c1-4-7-10-13-16-18-20-22-24-26-27-29-31-34-37-40-43-49(52)55-46-47(45-54-48(51)42-39-36-33-15-12-9-6-3)56-50(53)44-41-38-35-32-30-28-25-23-21-19-17-14-11-8-5-2/h47H,4-46H2,1-3H3. The van der Waals surface area contributed by atoms with Crippen molar-refractivity contribution in [1.29, 1.82) is 0 Å². The van der Waals surface area contributed by atoms with E-state index >= 15 is 0 Å². The second kappa shape index (κ2) is 46.1. The maximum Gasteiger partial charge on any atom is 0.306 e. The van der Waals surface area contributed by atoms with Gasteiger partial charge >= 0.3 is 17.9 Å². The highest BCUT2D eigenvalue weighted by atomic mass is 16.6. The molecule has 0 heterocycles. The van der Waals surface area contributed by atoms with Crippen molar-refractivity contribution >= 4 is 17.9 Å². The Morgan fingerprint density at radius 1 is 0.286 bits per heavy atom. The fraction of sp³-hybridized carbons (Fsp3) is 0.940. The summed E-state index contributed by atoms with van der Waals surface area (Å²) in [5, 5.41) is 0. The molecule has 56 heavy (non-hydrogen) atoms. The summed E-state index contributed by atoms with van der Waals surface area (Å²) in [5.41, 5.74) is 0. The van der Waals surface area contributed by atoms with Crippen molar-refractivity contribution < 1.29 is 28.6 Å². The number of carbonyl (C=O) groups excluding carboxylic acids is 3. The average molecular weight is 793 g/mol. The lowest BCUT2D eigenvalue weighted by Crippen LogP contribution is -2.30. The minimum absolute atomic E-state index is 0.0625. The summed E-state index contributed by atoms with van der Waals surface area (Å²) in [6.45, 7) is 6.64. The first-order valence-corrected chi connectivity index (χ1v) is 25.0. The monoisotopic (exact) mass is 793 g/mol. The molecule has 0 radical (unpaired) electrons. The molecule has 0 rings (SSSR count). The maximum absolute atomic E-state index is 12.7. The zero-order valence-corrected chi connectivity index (χ0v) is 37.9. The molecule has 0 fully saturated rings. The number of hydrogen-bond donors (Lipinski definition) is 0. The number of hydrogen-bond acceptors (Lipinski definition) is 6. The quantitative estimate of drug-likeness (QED) is 0.0347. The van der Waals surface area contributed by atoms with Crippen LogP contribution in [0.25, 0.3) is 0 Å². The zero-order valence-electron chi connectivity index (χ0n) is 37.9. The Labute approximate surface area is 348 Å². The average Bonchev–Trinajstić information content (AvgIpc) is 3.19. The second-order valence-electron chi connectivity index (χ2n) is 17.1. The van der Waals surface area contributed by atoms with Crippen LogP contribution in [0.4, 0.5) is 0 Å². The molecular formula is C50H96O6. The zero-order chi connectivity index (χ0) is 40.8. The fourth-order valence-corrected chi connectivity index (χ4v) is 7.56. The summed E-state index contributed by atoms with van der Waals surface area (Å²) in [6.07, 6.45) is 48.1. The highest BCUT2D eigenvalue weighted by Gasteiger charge is 2.19. The van der Waals surface area contributed by atoms with Crippen molar-refractivity contribution in [2.75, 3.05) is 13.2 Å². The highest BCUT2D eigenvalue weighted by molar-refractivity contribution is 5.71. The van der Waals surface area contributed by atoms with Crippen LogP contribution in [0.1, 0.15) is 284 Å². The Kier molecular flexibility index (Phi) is 44.8. The van der Waals surface area contributed by atoms with Gasteiger partial charge in [-0.05, 0) is 19.3 Å². The van der Waals surface area contributed by atoms with Gasteiger partial charge in [-0.15, -0.1) is 0 Å². The first-order chi connectivity index (χ1) is 27.5. The summed E-state index contributed by atoms with van der Waals surface area (Å²) < 4.78 is 16.7. The van der Waals surface area contributed by atoms with Crippen LogP contribution >= 0.6 is 0 Å². The molecule has 0 aliphatic rings. The molecule has 0 aliphatic carbocycles. The molecule has 0 N–H and O–H groups in total. The molecule has 0 aliphatic heterocycles. The molecule has 6 heteroatoms. The van der Waals surface area contributed by atoms with E-state index in [0.29, 0.717) is 19.3 Å². The fourth-order valence-electron chi connectivity index (χ4n) is 7.56. The summed E-state index contributed by atoms with van der Waals surface area (Å²) >= 11 is 0. The number of esters is 3. The molecule has 6 nitrogen and oxygen atoms in total. The first-order valence-electron chi connectivity index (χ1n) is 25.0. The molecule has 0 saturated carbocycles. The molecule has 0 saturated heterocycles. The Morgan fingerprint density at radius 2 is 0.482 bits per heavy atom. The molecule has 0 aromatic rings. The highest BCUT2D eigenvalue weighted by Crippen LogP contribution is 2.16. The lowest BCUT2D eigenvalue weighted by molar-refractivity contribution is -0.167. The van der Waals surface area contributed by atoms with Gasteiger partial charge in [0.05, 0.1) is 0 Å². The van der Waals surface area contributed by atoms with Gasteiger partial charge < -0.3 is 14.2 Å². The van der Waals surface area contributed by atoms with E-state index in [1.165, 1.54) is 186 Å². The van der Waals surface area contributed by atoms with E-state index in [2.05, 4.69) is 20.8 Å². The summed E-state index contributed by atoms with van der Waals surface area (Å²) in [5.74, 6) is -0.851. The molecule has 1 atom stereocenters. The van der Waals surface area contributed by atoms with E-state index in [4.69, 9.17) is 14.2 Å². The predicted molar refractivity (Wildman–Crippen MR) is 238 cm³/mol. The normalized spacial score (nSPS) is 11.8. The van der Waals surface area contributed by atoms with Crippen LogP contribution in [0.15, 0.2) is 0 Å². The van der Waals surface area contributed by atoms with E-state index < -0.39 is 6.10 Å². The van der Waals surface area contributed by atoms with Gasteiger partial charge in [-0.25, -0.2) is 0 Å². The SMILES string of the molecule is CCCCCCCCCCCCCCCCCCC(=O)OCC(COC(=O)CCCCCCCCC)OC(=O)CCCCCCCCCCCCCCCCC. The van der Waals surface area contributed by atoms with Crippen LogP contribution in [0.3, 0.4) is 0 Å². The van der Waals surface area contributed by atoms with Crippen molar-refractivity contribution in [2.45, 2.75) is 290 Å².